The number of carboxylic acid groups (broad SMARTS) is 2. The number of halogens is 6. The molecule has 4 heterocycles. The first-order chi connectivity index (χ1) is 18.5. The Morgan fingerprint density at radius 1 is 1.07 bits per heavy atom. The van der Waals surface area contributed by atoms with Crippen LogP contribution >= 0.6 is 0 Å². The van der Waals surface area contributed by atoms with Gasteiger partial charge in [-0.1, -0.05) is 6.07 Å². The van der Waals surface area contributed by atoms with E-state index >= 15 is 0 Å². The lowest BCUT2D eigenvalue weighted by Crippen LogP contribution is -2.60. The van der Waals surface area contributed by atoms with Gasteiger partial charge in [-0.2, -0.15) is 31.4 Å². The van der Waals surface area contributed by atoms with E-state index in [1.54, 1.807) is 22.0 Å². The molecule has 40 heavy (non-hydrogen) atoms. The summed E-state index contributed by atoms with van der Waals surface area (Å²) in [5, 5.41) is 18.4. The van der Waals surface area contributed by atoms with Gasteiger partial charge in [-0.05, 0) is 11.6 Å². The number of ether oxygens (including phenoxy) is 2. The van der Waals surface area contributed by atoms with Gasteiger partial charge in [0.15, 0.2) is 0 Å². The fourth-order valence-electron chi connectivity index (χ4n) is 3.55. The molecule has 2 aliphatic heterocycles. The fraction of sp³-hybridized carbons (Fsp3) is 0.500. The Morgan fingerprint density at radius 2 is 1.70 bits per heavy atom. The van der Waals surface area contributed by atoms with Crippen LogP contribution in [0.4, 0.5) is 32.0 Å². The van der Waals surface area contributed by atoms with Gasteiger partial charge in [-0.15, -0.1) is 0 Å². The summed E-state index contributed by atoms with van der Waals surface area (Å²) in [4.78, 5) is 38.4. The standard InChI is InChI=1S/C18H23N5O3.2C2HF3O2/c1-21-10-16(8-20-21)23-13-18(26-11-17(23)24)12-22(5-6-25-14-18)9-15-3-2-4-19-7-15;2*3-2(4,5)1(6)7/h2-4,7-8,10H,5-6,9,11-14H2,1H3;2*(H,6,7). The van der Waals surface area contributed by atoms with Gasteiger partial charge in [0, 0.05) is 45.3 Å². The molecule has 2 aromatic heterocycles. The number of anilines is 1. The van der Waals surface area contributed by atoms with Crippen LogP contribution in [0.5, 0.6) is 0 Å². The molecule has 4 rings (SSSR count). The van der Waals surface area contributed by atoms with Gasteiger partial charge in [-0.25, -0.2) is 9.59 Å². The number of aromatic nitrogens is 3. The van der Waals surface area contributed by atoms with Crippen LogP contribution in [0.3, 0.4) is 0 Å². The van der Waals surface area contributed by atoms with Crippen molar-refractivity contribution in [2.75, 3.05) is 44.4 Å². The van der Waals surface area contributed by atoms with Crippen molar-refractivity contribution in [3.63, 3.8) is 0 Å². The van der Waals surface area contributed by atoms with E-state index in [9.17, 15) is 31.1 Å². The van der Waals surface area contributed by atoms with E-state index in [1.807, 2.05) is 25.5 Å². The first kappa shape index (κ1) is 32.4. The number of carbonyl (C=O) groups is 3. The topological polar surface area (TPSA) is 147 Å². The highest BCUT2D eigenvalue weighted by atomic mass is 19.4. The van der Waals surface area contributed by atoms with Gasteiger partial charge < -0.3 is 24.6 Å². The maximum atomic E-state index is 12.4. The van der Waals surface area contributed by atoms with Gasteiger partial charge in [0.25, 0.3) is 5.91 Å². The number of nitrogens with zero attached hydrogens (tertiary/aromatic N) is 5. The van der Waals surface area contributed by atoms with Crippen LogP contribution in [0.1, 0.15) is 5.56 Å². The summed E-state index contributed by atoms with van der Waals surface area (Å²) < 4.78 is 77.0. The minimum Gasteiger partial charge on any atom is -0.475 e. The lowest BCUT2D eigenvalue weighted by atomic mass is 10.0. The fourth-order valence-corrected chi connectivity index (χ4v) is 3.55. The zero-order chi connectivity index (χ0) is 30.1. The van der Waals surface area contributed by atoms with E-state index < -0.39 is 29.9 Å². The van der Waals surface area contributed by atoms with Gasteiger partial charge in [0.05, 0.1) is 31.6 Å². The van der Waals surface area contributed by atoms with Crippen molar-refractivity contribution in [3.05, 3.63) is 42.5 Å². The van der Waals surface area contributed by atoms with E-state index in [0.717, 1.165) is 24.3 Å². The summed E-state index contributed by atoms with van der Waals surface area (Å²) in [7, 11) is 1.84. The Bertz CT molecular complexity index is 1120. The third-order valence-electron chi connectivity index (χ3n) is 5.29. The average Bonchev–Trinajstić information content (AvgIpc) is 3.20. The van der Waals surface area contributed by atoms with Crippen LogP contribution in [0.2, 0.25) is 0 Å². The van der Waals surface area contributed by atoms with Crippen molar-refractivity contribution >= 4 is 23.5 Å². The molecule has 2 aliphatic rings. The highest BCUT2D eigenvalue weighted by Crippen LogP contribution is 2.27. The average molecular weight is 585 g/mol. The molecule has 1 amide bonds. The van der Waals surface area contributed by atoms with Gasteiger partial charge in [0.2, 0.25) is 0 Å². The minimum atomic E-state index is -5.08. The molecule has 2 saturated heterocycles. The number of carboxylic acids is 2. The lowest BCUT2D eigenvalue weighted by molar-refractivity contribution is -0.193. The van der Waals surface area contributed by atoms with Crippen LogP contribution < -0.4 is 4.90 Å². The molecule has 222 valence electrons. The Morgan fingerprint density at radius 3 is 2.20 bits per heavy atom. The van der Waals surface area contributed by atoms with E-state index in [1.165, 1.54) is 0 Å². The molecule has 0 bridgehead atoms. The van der Waals surface area contributed by atoms with Crippen molar-refractivity contribution in [1.29, 1.82) is 0 Å². The number of alkyl halides is 6. The van der Waals surface area contributed by atoms with Crippen LogP contribution in [-0.4, -0.2) is 105 Å². The zero-order valence-electron chi connectivity index (χ0n) is 20.9. The van der Waals surface area contributed by atoms with Crippen molar-refractivity contribution in [2.45, 2.75) is 24.5 Å². The normalized spacial score (nSPS) is 20.1. The van der Waals surface area contributed by atoms with Crippen molar-refractivity contribution in [1.82, 2.24) is 19.7 Å². The summed E-state index contributed by atoms with van der Waals surface area (Å²) in [6, 6.07) is 4.01. The SMILES string of the molecule is Cn1cc(N2CC3(COCCN(Cc4cccnc4)C3)OCC2=O)cn1.O=C(O)C(F)(F)F.O=C(O)C(F)(F)F. The second kappa shape index (κ2) is 13.5. The second-order valence-electron chi connectivity index (χ2n) is 8.55. The number of morpholine rings is 1. The molecule has 12 nitrogen and oxygen atoms in total. The Kier molecular flexibility index (Phi) is 11.0. The molecule has 0 aliphatic carbocycles. The Hall–Kier alpha value is -3.77. The van der Waals surface area contributed by atoms with Crippen LogP contribution in [0.15, 0.2) is 36.9 Å². The lowest BCUT2D eigenvalue weighted by Gasteiger charge is -2.42. The number of pyridine rings is 1. The molecule has 0 aromatic carbocycles. The number of carbonyl (C=O) groups excluding carboxylic acids is 1. The third-order valence-corrected chi connectivity index (χ3v) is 5.29. The molecule has 1 unspecified atom stereocenters. The summed E-state index contributed by atoms with van der Waals surface area (Å²) in [5.74, 6) is -5.56. The summed E-state index contributed by atoms with van der Waals surface area (Å²) in [5.41, 5.74) is 1.41. The summed E-state index contributed by atoms with van der Waals surface area (Å²) >= 11 is 0. The smallest absolute Gasteiger partial charge is 0.475 e. The monoisotopic (exact) mass is 585 g/mol. The van der Waals surface area contributed by atoms with E-state index in [4.69, 9.17) is 29.3 Å². The molecule has 2 aromatic rings. The van der Waals surface area contributed by atoms with Crippen molar-refractivity contribution in [2.24, 2.45) is 7.05 Å². The maximum absolute atomic E-state index is 12.4. The van der Waals surface area contributed by atoms with E-state index in [0.29, 0.717) is 26.3 Å². The first-order valence-electron chi connectivity index (χ1n) is 11.2. The maximum Gasteiger partial charge on any atom is 0.490 e. The highest BCUT2D eigenvalue weighted by Gasteiger charge is 2.43. The van der Waals surface area contributed by atoms with E-state index in [-0.39, 0.29) is 12.5 Å². The molecular formula is C22H25F6N5O7. The zero-order valence-corrected chi connectivity index (χ0v) is 20.9. The molecular weight excluding hydrogens is 560 g/mol. The molecule has 0 saturated carbocycles. The second-order valence-corrected chi connectivity index (χ2v) is 8.55. The molecule has 0 radical (unpaired) electrons. The number of hydrogen-bond donors (Lipinski definition) is 2. The van der Waals surface area contributed by atoms with Gasteiger partial charge in [-0.3, -0.25) is 19.4 Å². The number of amides is 1. The molecule has 18 heteroatoms. The number of aliphatic carboxylic acids is 2. The van der Waals surface area contributed by atoms with Gasteiger partial charge >= 0.3 is 24.3 Å². The Balaban J connectivity index is 0.000000333. The number of hydrogen-bond acceptors (Lipinski definition) is 8. The molecule has 1 atom stereocenters. The largest absolute Gasteiger partial charge is 0.490 e. The highest BCUT2D eigenvalue weighted by molar-refractivity contribution is 5.95. The predicted octanol–water partition coefficient (Wildman–Crippen LogP) is 1.72. The van der Waals surface area contributed by atoms with Gasteiger partial charge in [0.1, 0.15) is 12.2 Å². The first-order valence-corrected chi connectivity index (χ1v) is 11.2. The molecule has 2 N–H and O–H groups in total. The summed E-state index contributed by atoms with van der Waals surface area (Å²) in [6.45, 7) is 3.93. The quantitative estimate of drug-likeness (QED) is 0.511. The molecule has 1 spiro atoms. The van der Waals surface area contributed by atoms with Crippen LogP contribution in [0.25, 0.3) is 0 Å². The minimum absolute atomic E-state index is 0.0494. The summed E-state index contributed by atoms with van der Waals surface area (Å²) in [6.07, 6.45) is -2.95. The third kappa shape index (κ3) is 10.1. The molecule has 2 fully saturated rings. The number of aryl methyl sites for hydroxylation is 1. The number of rotatable bonds is 3. The van der Waals surface area contributed by atoms with Crippen molar-refractivity contribution < 1.29 is 60.4 Å². The van der Waals surface area contributed by atoms with Crippen LogP contribution in [0, 0.1) is 0 Å². The predicted molar refractivity (Wildman–Crippen MR) is 122 cm³/mol. The van der Waals surface area contributed by atoms with Crippen LogP contribution in [-0.2, 0) is 37.4 Å². The van der Waals surface area contributed by atoms with E-state index in [2.05, 4.69) is 21.0 Å². The van der Waals surface area contributed by atoms with Crippen molar-refractivity contribution in [3.8, 4) is 0 Å². The Labute approximate surface area is 222 Å².